The maximum Gasteiger partial charge on any atom is 0.224 e. The van der Waals surface area contributed by atoms with Crippen LogP contribution in [0.1, 0.15) is 32.3 Å². The van der Waals surface area contributed by atoms with Crippen LogP contribution >= 0.6 is 0 Å². The lowest BCUT2D eigenvalue weighted by Crippen LogP contribution is -2.45. The highest BCUT2D eigenvalue weighted by atomic mass is 16.5. The summed E-state index contributed by atoms with van der Waals surface area (Å²) in [5, 5.41) is 3.11. The van der Waals surface area contributed by atoms with E-state index in [-0.39, 0.29) is 5.91 Å². The van der Waals surface area contributed by atoms with Crippen molar-refractivity contribution in [1.29, 1.82) is 0 Å². The van der Waals surface area contributed by atoms with E-state index < -0.39 is 0 Å². The minimum atomic E-state index is 0.112. The second-order valence-corrected chi connectivity index (χ2v) is 7.81. The monoisotopic (exact) mass is 359 g/mol. The van der Waals surface area contributed by atoms with Gasteiger partial charge in [-0.15, -0.1) is 0 Å². The molecule has 2 saturated heterocycles. The lowest BCUT2D eigenvalue weighted by molar-refractivity contribution is -0.120. The zero-order chi connectivity index (χ0) is 18.4. The third kappa shape index (κ3) is 5.45. The van der Waals surface area contributed by atoms with Gasteiger partial charge in [-0.05, 0) is 56.5 Å². The number of morpholine rings is 1. The molecule has 2 fully saturated rings. The number of nitrogens with one attached hydrogen (secondary N) is 1. The molecule has 0 spiro atoms. The van der Waals surface area contributed by atoms with Crippen molar-refractivity contribution in [3.05, 3.63) is 29.8 Å². The maximum absolute atomic E-state index is 12.3. The summed E-state index contributed by atoms with van der Waals surface area (Å²) in [7, 11) is 0. The second kappa shape index (κ2) is 9.38. The van der Waals surface area contributed by atoms with Gasteiger partial charge in [0.15, 0.2) is 0 Å². The fraction of sp³-hybridized carbons (Fsp3) is 0.667. The fourth-order valence-corrected chi connectivity index (χ4v) is 3.75. The number of likely N-dealkylation sites (tertiary alicyclic amines) is 1. The Bertz CT molecular complexity index is 561. The lowest BCUT2D eigenvalue weighted by atomic mass is 9.98. The van der Waals surface area contributed by atoms with Gasteiger partial charge >= 0.3 is 0 Å². The van der Waals surface area contributed by atoms with Gasteiger partial charge in [0.05, 0.1) is 19.6 Å². The Morgan fingerprint density at radius 2 is 1.81 bits per heavy atom. The van der Waals surface area contributed by atoms with E-state index in [2.05, 4.69) is 53.2 Å². The number of carbonyl (C=O) groups excluding carboxylic acids is 1. The largest absolute Gasteiger partial charge is 0.378 e. The SMILES string of the molecule is CC1CCN(C(C)CNC(=O)Cc2ccc(N3CCOCC3)cc2)CC1. The Morgan fingerprint density at radius 3 is 2.46 bits per heavy atom. The number of benzene rings is 1. The number of hydrogen-bond acceptors (Lipinski definition) is 4. The van der Waals surface area contributed by atoms with E-state index in [9.17, 15) is 4.79 Å². The van der Waals surface area contributed by atoms with E-state index in [1.165, 1.54) is 18.5 Å². The Labute approximate surface area is 157 Å². The van der Waals surface area contributed by atoms with Crippen LogP contribution in [0.25, 0.3) is 0 Å². The first kappa shape index (κ1) is 19.2. The highest BCUT2D eigenvalue weighted by Gasteiger charge is 2.20. The Kier molecular flexibility index (Phi) is 6.92. The zero-order valence-corrected chi connectivity index (χ0v) is 16.2. The summed E-state index contributed by atoms with van der Waals surface area (Å²) in [6.45, 7) is 11.0. The normalized spacial score (nSPS) is 20.8. The first-order chi connectivity index (χ1) is 12.6. The van der Waals surface area contributed by atoms with Crippen molar-refractivity contribution in [1.82, 2.24) is 10.2 Å². The van der Waals surface area contributed by atoms with E-state index in [1.54, 1.807) is 0 Å². The smallest absolute Gasteiger partial charge is 0.224 e. The van der Waals surface area contributed by atoms with Crippen molar-refractivity contribution in [2.75, 3.05) is 50.8 Å². The molecule has 1 amide bonds. The molecule has 2 aliphatic rings. The van der Waals surface area contributed by atoms with E-state index in [1.807, 2.05) is 0 Å². The topological polar surface area (TPSA) is 44.8 Å². The quantitative estimate of drug-likeness (QED) is 0.847. The number of hydrogen-bond donors (Lipinski definition) is 1. The van der Waals surface area contributed by atoms with Crippen LogP contribution in [0.15, 0.2) is 24.3 Å². The van der Waals surface area contributed by atoms with E-state index >= 15 is 0 Å². The summed E-state index contributed by atoms with van der Waals surface area (Å²) < 4.78 is 5.39. The summed E-state index contributed by atoms with van der Waals surface area (Å²) in [6, 6.07) is 8.78. The molecule has 0 aliphatic carbocycles. The van der Waals surface area contributed by atoms with E-state index in [0.29, 0.717) is 12.5 Å². The van der Waals surface area contributed by atoms with Crippen LogP contribution in [0.2, 0.25) is 0 Å². The Morgan fingerprint density at radius 1 is 1.15 bits per heavy atom. The maximum atomic E-state index is 12.3. The van der Waals surface area contributed by atoms with Gasteiger partial charge in [0.25, 0.3) is 0 Å². The van der Waals surface area contributed by atoms with Crippen LogP contribution in [-0.4, -0.2) is 62.8 Å². The third-order valence-corrected chi connectivity index (χ3v) is 5.71. The van der Waals surface area contributed by atoms with Gasteiger partial charge in [-0.25, -0.2) is 0 Å². The average Bonchev–Trinajstić information content (AvgIpc) is 2.68. The van der Waals surface area contributed by atoms with Gasteiger partial charge in [-0.1, -0.05) is 19.1 Å². The highest BCUT2D eigenvalue weighted by Crippen LogP contribution is 2.18. The summed E-state index contributed by atoms with van der Waals surface area (Å²) >= 11 is 0. The van der Waals surface area contributed by atoms with E-state index in [4.69, 9.17) is 4.74 Å². The molecule has 1 N–H and O–H groups in total. The summed E-state index contributed by atoms with van der Waals surface area (Å²) in [5.74, 6) is 0.954. The minimum absolute atomic E-state index is 0.112. The van der Waals surface area contributed by atoms with Crippen molar-refractivity contribution in [2.45, 2.75) is 39.2 Å². The van der Waals surface area contributed by atoms with Crippen LogP contribution < -0.4 is 10.2 Å². The second-order valence-electron chi connectivity index (χ2n) is 7.81. The van der Waals surface area contributed by atoms with Crippen LogP contribution in [0.5, 0.6) is 0 Å². The summed E-state index contributed by atoms with van der Waals surface area (Å²) in [6.07, 6.45) is 2.99. The molecular formula is C21H33N3O2. The predicted octanol–water partition coefficient (Wildman–Crippen LogP) is 2.30. The molecule has 5 heteroatoms. The molecule has 0 saturated carbocycles. The fourth-order valence-electron chi connectivity index (χ4n) is 3.75. The van der Waals surface area contributed by atoms with Crippen LogP contribution in [0.4, 0.5) is 5.69 Å². The molecular weight excluding hydrogens is 326 g/mol. The molecule has 1 aromatic carbocycles. The molecule has 144 valence electrons. The van der Waals surface area contributed by atoms with Crippen molar-refractivity contribution in [2.24, 2.45) is 5.92 Å². The average molecular weight is 360 g/mol. The van der Waals surface area contributed by atoms with E-state index in [0.717, 1.165) is 57.4 Å². The lowest BCUT2D eigenvalue weighted by Gasteiger charge is -2.35. The molecule has 5 nitrogen and oxygen atoms in total. The van der Waals surface area contributed by atoms with Crippen LogP contribution in [0, 0.1) is 5.92 Å². The van der Waals surface area contributed by atoms with Gasteiger partial charge in [-0.3, -0.25) is 9.69 Å². The van der Waals surface area contributed by atoms with Crippen molar-refractivity contribution >= 4 is 11.6 Å². The number of nitrogens with zero attached hydrogens (tertiary/aromatic N) is 2. The van der Waals surface area contributed by atoms with Gasteiger partial charge < -0.3 is 15.0 Å². The van der Waals surface area contributed by atoms with Gasteiger partial charge in [0, 0.05) is 31.4 Å². The summed E-state index contributed by atoms with van der Waals surface area (Å²) in [4.78, 5) is 17.1. The number of carbonyl (C=O) groups is 1. The minimum Gasteiger partial charge on any atom is -0.378 e. The molecule has 26 heavy (non-hydrogen) atoms. The summed E-state index contributed by atoms with van der Waals surface area (Å²) in [5.41, 5.74) is 2.28. The molecule has 3 rings (SSSR count). The number of amides is 1. The van der Waals surface area contributed by atoms with Crippen LogP contribution in [0.3, 0.4) is 0 Å². The standard InChI is InChI=1S/C21H33N3O2/c1-17-7-9-23(10-8-17)18(2)16-22-21(25)15-19-3-5-20(6-4-19)24-11-13-26-14-12-24/h3-6,17-18H,7-16H2,1-2H3,(H,22,25). The first-order valence-electron chi connectivity index (χ1n) is 10.0. The molecule has 2 aliphatic heterocycles. The number of ether oxygens (including phenoxy) is 1. The van der Waals surface area contributed by atoms with Gasteiger partial charge in [0.1, 0.15) is 0 Å². The highest BCUT2D eigenvalue weighted by molar-refractivity contribution is 5.78. The molecule has 2 heterocycles. The zero-order valence-electron chi connectivity index (χ0n) is 16.2. The third-order valence-electron chi connectivity index (χ3n) is 5.71. The Hall–Kier alpha value is -1.59. The van der Waals surface area contributed by atoms with Crippen molar-refractivity contribution < 1.29 is 9.53 Å². The predicted molar refractivity (Wildman–Crippen MR) is 106 cm³/mol. The number of rotatable bonds is 6. The molecule has 0 radical (unpaired) electrons. The van der Waals surface area contributed by atoms with Crippen LogP contribution in [-0.2, 0) is 16.0 Å². The Balaban J connectivity index is 1.41. The number of anilines is 1. The molecule has 0 aromatic heterocycles. The van der Waals surface area contributed by atoms with Gasteiger partial charge in [-0.2, -0.15) is 0 Å². The number of piperidine rings is 1. The van der Waals surface area contributed by atoms with Crippen molar-refractivity contribution in [3.63, 3.8) is 0 Å². The first-order valence-corrected chi connectivity index (χ1v) is 10.0. The van der Waals surface area contributed by atoms with Gasteiger partial charge in [0.2, 0.25) is 5.91 Å². The van der Waals surface area contributed by atoms with Crippen molar-refractivity contribution in [3.8, 4) is 0 Å². The molecule has 1 aromatic rings. The molecule has 0 bridgehead atoms. The molecule has 1 unspecified atom stereocenters. The molecule has 1 atom stereocenters.